The standard InChI is InChI=1S/C30H36N4O4/c1-19-28(37)27(29(38)31-18-26(35)36)33-25(32-19)17-20-13-15-34(16-14-20)24-11-7-22(8-12-24)21-5-9-23(10-6-21)30(2,3)4/h5-12,20,37H,13-18H2,1-4H3,(H,31,38)(H,35,36). The zero-order valence-electron chi connectivity index (χ0n) is 22.5. The first-order valence-corrected chi connectivity index (χ1v) is 13.0. The Bertz CT molecular complexity index is 1290. The highest BCUT2D eigenvalue weighted by Gasteiger charge is 2.24. The molecule has 1 fully saturated rings. The minimum absolute atomic E-state index is 0.140. The molecular formula is C30H36N4O4. The van der Waals surface area contributed by atoms with E-state index in [1.54, 1.807) is 6.92 Å². The van der Waals surface area contributed by atoms with E-state index in [1.807, 2.05) is 0 Å². The van der Waals surface area contributed by atoms with Crippen molar-refractivity contribution in [3.63, 3.8) is 0 Å². The number of aryl methyl sites for hydroxylation is 1. The van der Waals surface area contributed by atoms with Crippen molar-refractivity contribution in [3.8, 4) is 16.9 Å². The van der Waals surface area contributed by atoms with Crippen molar-refractivity contribution in [2.24, 2.45) is 5.92 Å². The van der Waals surface area contributed by atoms with Crippen LogP contribution in [0, 0.1) is 12.8 Å². The van der Waals surface area contributed by atoms with E-state index in [0.29, 0.717) is 23.9 Å². The molecule has 0 atom stereocenters. The molecular weight excluding hydrogens is 480 g/mol. The fourth-order valence-corrected chi connectivity index (χ4v) is 4.79. The number of rotatable bonds is 7. The number of carboxylic acids is 1. The van der Waals surface area contributed by atoms with E-state index in [1.165, 1.54) is 22.4 Å². The maximum absolute atomic E-state index is 12.3. The van der Waals surface area contributed by atoms with Gasteiger partial charge >= 0.3 is 5.97 Å². The lowest BCUT2D eigenvalue weighted by molar-refractivity contribution is -0.135. The number of hydrogen-bond acceptors (Lipinski definition) is 6. The molecule has 200 valence electrons. The third-order valence-electron chi connectivity index (χ3n) is 7.12. The van der Waals surface area contributed by atoms with Crippen molar-refractivity contribution < 1.29 is 19.8 Å². The van der Waals surface area contributed by atoms with Gasteiger partial charge in [0, 0.05) is 25.2 Å². The highest BCUT2D eigenvalue weighted by atomic mass is 16.4. The number of piperidine rings is 1. The summed E-state index contributed by atoms with van der Waals surface area (Å²) in [6.07, 6.45) is 2.51. The quantitative estimate of drug-likeness (QED) is 0.416. The van der Waals surface area contributed by atoms with Crippen LogP contribution in [0.2, 0.25) is 0 Å². The number of nitrogens with one attached hydrogen (secondary N) is 1. The summed E-state index contributed by atoms with van der Waals surface area (Å²) in [6.45, 7) is 9.55. The van der Waals surface area contributed by atoms with E-state index >= 15 is 0 Å². The lowest BCUT2D eigenvalue weighted by Gasteiger charge is -2.33. The highest BCUT2D eigenvalue weighted by Crippen LogP contribution is 2.30. The number of amides is 1. The molecule has 0 spiro atoms. The van der Waals surface area contributed by atoms with Crippen LogP contribution >= 0.6 is 0 Å². The maximum Gasteiger partial charge on any atom is 0.322 e. The second-order valence-corrected chi connectivity index (χ2v) is 11.0. The maximum atomic E-state index is 12.3. The Labute approximate surface area is 223 Å². The van der Waals surface area contributed by atoms with Crippen molar-refractivity contribution in [1.29, 1.82) is 0 Å². The average Bonchev–Trinajstić information content (AvgIpc) is 2.89. The number of benzene rings is 2. The molecule has 1 amide bonds. The van der Waals surface area contributed by atoms with Crippen LogP contribution in [0.25, 0.3) is 11.1 Å². The lowest BCUT2D eigenvalue weighted by Crippen LogP contribution is -2.34. The summed E-state index contributed by atoms with van der Waals surface area (Å²) in [6, 6.07) is 17.5. The fourth-order valence-electron chi connectivity index (χ4n) is 4.79. The predicted molar refractivity (Wildman–Crippen MR) is 148 cm³/mol. The van der Waals surface area contributed by atoms with Crippen molar-refractivity contribution in [2.75, 3.05) is 24.5 Å². The number of nitrogens with zero attached hydrogens (tertiary/aromatic N) is 3. The SMILES string of the molecule is Cc1nc(CC2CCN(c3ccc(-c4ccc(C(C)(C)C)cc4)cc3)CC2)nc(C(=O)NCC(=O)O)c1O. The van der Waals surface area contributed by atoms with E-state index in [2.05, 4.69) is 89.5 Å². The second kappa shape index (κ2) is 11.2. The monoisotopic (exact) mass is 516 g/mol. The zero-order valence-corrected chi connectivity index (χ0v) is 22.5. The number of anilines is 1. The van der Waals surface area contributed by atoms with Crippen LogP contribution in [0.3, 0.4) is 0 Å². The summed E-state index contributed by atoms with van der Waals surface area (Å²) in [5.74, 6) is -1.37. The van der Waals surface area contributed by atoms with Gasteiger partial charge in [-0.1, -0.05) is 57.2 Å². The first kappa shape index (κ1) is 27.1. The number of carboxylic acid groups (broad SMARTS) is 1. The van der Waals surface area contributed by atoms with E-state index in [-0.39, 0.29) is 16.9 Å². The summed E-state index contributed by atoms with van der Waals surface area (Å²) in [4.78, 5) is 34.1. The summed E-state index contributed by atoms with van der Waals surface area (Å²) >= 11 is 0. The van der Waals surface area contributed by atoms with Gasteiger partial charge in [0.2, 0.25) is 0 Å². The van der Waals surface area contributed by atoms with Gasteiger partial charge in [-0.3, -0.25) is 9.59 Å². The molecule has 3 aromatic rings. The van der Waals surface area contributed by atoms with Crippen molar-refractivity contribution in [1.82, 2.24) is 15.3 Å². The van der Waals surface area contributed by atoms with Crippen molar-refractivity contribution >= 4 is 17.6 Å². The molecule has 2 heterocycles. The van der Waals surface area contributed by atoms with Crippen LogP contribution in [0.5, 0.6) is 5.75 Å². The number of carbonyl (C=O) groups is 2. The van der Waals surface area contributed by atoms with Crippen LogP contribution in [0.15, 0.2) is 48.5 Å². The van der Waals surface area contributed by atoms with Crippen LogP contribution in [-0.2, 0) is 16.6 Å². The largest absolute Gasteiger partial charge is 0.504 e. The molecule has 38 heavy (non-hydrogen) atoms. The van der Waals surface area contributed by atoms with Crippen LogP contribution < -0.4 is 10.2 Å². The number of carbonyl (C=O) groups excluding carboxylic acids is 1. The number of hydrogen-bond donors (Lipinski definition) is 3. The van der Waals surface area contributed by atoms with E-state index < -0.39 is 18.4 Å². The van der Waals surface area contributed by atoms with Gasteiger partial charge in [0.15, 0.2) is 11.4 Å². The topological polar surface area (TPSA) is 116 Å². The zero-order chi connectivity index (χ0) is 27.4. The molecule has 3 N–H and O–H groups in total. The fraction of sp³-hybridized carbons (Fsp3) is 0.400. The first-order chi connectivity index (χ1) is 18.0. The molecule has 1 aliphatic heterocycles. The summed E-state index contributed by atoms with van der Waals surface area (Å²) < 4.78 is 0. The van der Waals surface area contributed by atoms with Crippen LogP contribution in [0.4, 0.5) is 5.69 Å². The second-order valence-electron chi connectivity index (χ2n) is 11.0. The van der Waals surface area contributed by atoms with Gasteiger partial charge in [0.25, 0.3) is 5.91 Å². The average molecular weight is 517 g/mol. The minimum Gasteiger partial charge on any atom is -0.504 e. The Morgan fingerprint density at radius 2 is 1.55 bits per heavy atom. The predicted octanol–water partition coefficient (Wildman–Crippen LogP) is 4.73. The third-order valence-corrected chi connectivity index (χ3v) is 7.12. The Morgan fingerprint density at radius 3 is 2.11 bits per heavy atom. The number of aromatic nitrogens is 2. The Balaban J connectivity index is 1.36. The first-order valence-electron chi connectivity index (χ1n) is 13.0. The van der Waals surface area contributed by atoms with Gasteiger partial charge < -0.3 is 20.4 Å². The molecule has 0 aliphatic carbocycles. The van der Waals surface area contributed by atoms with Gasteiger partial charge in [-0.15, -0.1) is 0 Å². The lowest BCUT2D eigenvalue weighted by atomic mass is 9.86. The van der Waals surface area contributed by atoms with Gasteiger partial charge in [0.05, 0.1) is 5.69 Å². The Kier molecular flexibility index (Phi) is 7.99. The van der Waals surface area contributed by atoms with Gasteiger partial charge in [-0.2, -0.15) is 0 Å². The minimum atomic E-state index is -1.17. The van der Waals surface area contributed by atoms with Gasteiger partial charge in [-0.05, 0) is 59.9 Å². The van der Waals surface area contributed by atoms with Crippen molar-refractivity contribution in [3.05, 3.63) is 71.3 Å². The number of aliphatic carboxylic acids is 1. The molecule has 8 heteroatoms. The van der Waals surface area contributed by atoms with Crippen LogP contribution in [-0.4, -0.2) is 51.7 Å². The normalized spacial score (nSPS) is 14.4. The molecule has 4 rings (SSSR count). The third kappa shape index (κ3) is 6.49. The molecule has 0 radical (unpaired) electrons. The molecule has 2 aromatic carbocycles. The molecule has 1 aliphatic rings. The molecule has 1 saturated heterocycles. The Hall–Kier alpha value is -3.94. The summed E-state index contributed by atoms with van der Waals surface area (Å²) in [5.41, 5.74) is 5.20. The Morgan fingerprint density at radius 1 is 0.974 bits per heavy atom. The molecule has 0 unspecified atom stereocenters. The van der Waals surface area contributed by atoms with E-state index in [4.69, 9.17) is 5.11 Å². The van der Waals surface area contributed by atoms with E-state index in [0.717, 1.165) is 25.9 Å². The molecule has 0 bridgehead atoms. The van der Waals surface area contributed by atoms with Crippen molar-refractivity contribution in [2.45, 2.75) is 52.4 Å². The number of aromatic hydroxyl groups is 1. The molecule has 8 nitrogen and oxygen atoms in total. The van der Waals surface area contributed by atoms with Gasteiger partial charge in [-0.25, -0.2) is 9.97 Å². The summed E-state index contributed by atoms with van der Waals surface area (Å²) in [5, 5.41) is 21.3. The van der Waals surface area contributed by atoms with Gasteiger partial charge in [0.1, 0.15) is 12.4 Å². The highest BCUT2D eigenvalue weighted by molar-refractivity contribution is 5.96. The summed E-state index contributed by atoms with van der Waals surface area (Å²) in [7, 11) is 0. The molecule has 1 aromatic heterocycles. The molecule has 0 saturated carbocycles. The van der Waals surface area contributed by atoms with Crippen LogP contribution in [0.1, 0.15) is 61.2 Å². The smallest absolute Gasteiger partial charge is 0.322 e. The van der Waals surface area contributed by atoms with E-state index in [9.17, 15) is 14.7 Å².